The number of ether oxygens (including phenoxy) is 2. The molecule has 3 aromatic rings. The molecule has 0 spiro atoms. The molecule has 32 heavy (non-hydrogen) atoms. The average Bonchev–Trinajstić information content (AvgIpc) is 3.57. The Morgan fingerprint density at radius 1 is 1.28 bits per heavy atom. The van der Waals surface area contributed by atoms with Crippen molar-refractivity contribution in [3.05, 3.63) is 52.8 Å². The van der Waals surface area contributed by atoms with Crippen LogP contribution in [0.5, 0.6) is 5.75 Å². The van der Waals surface area contributed by atoms with Gasteiger partial charge in [0.1, 0.15) is 24.5 Å². The number of rotatable bonds is 7. The lowest BCUT2D eigenvalue weighted by Gasteiger charge is -2.12. The predicted octanol–water partition coefficient (Wildman–Crippen LogP) is 5.16. The van der Waals surface area contributed by atoms with Crippen LogP contribution in [-0.2, 0) is 21.1 Å². The van der Waals surface area contributed by atoms with Gasteiger partial charge in [-0.1, -0.05) is 12.1 Å². The standard InChI is InChI=1S/C22H23BrN4O4S/c1-3-30-22(28)27-32(2,29)16-6-4-5-14(9-16)12-31-20-11-19-17(10-18(20)23)21(25-13-24-19)26-15-7-8-15/h4-6,9-11,13,15H,3,7-8,12H2,1-2H3,(H,24,25,26). The first-order valence-corrected chi connectivity index (χ1v) is 12.9. The van der Waals surface area contributed by atoms with Crippen LogP contribution < -0.4 is 10.1 Å². The zero-order valence-corrected chi connectivity index (χ0v) is 20.1. The van der Waals surface area contributed by atoms with E-state index in [1.54, 1.807) is 31.5 Å². The van der Waals surface area contributed by atoms with Gasteiger partial charge in [0.2, 0.25) is 0 Å². The van der Waals surface area contributed by atoms with Crippen molar-refractivity contribution >= 4 is 48.5 Å². The summed E-state index contributed by atoms with van der Waals surface area (Å²) in [7, 11) is -2.92. The van der Waals surface area contributed by atoms with Crippen molar-refractivity contribution in [1.82, 2.24) is 9.97 Å². The molecule has 2 aromatic carbocycles. The Bertz CT molecular complexity index is 1290. The molecule has 1 unspecified atom stereocenters. The van der Waals surface area contributed by atoms with Gasteiger partial charge in [-0.15, -0.1) is 4.36 Å². The van der Waals surface area contributed by atoms with Crippen molar-refractivity contribution in [2.75, 3.05) is 18.2 Å². The number of nitrogens with zero attached hydrogens (tertiary/aromatic N) is 3. The lowest BCUT2D eigenvalue weighted by molar-refractivity contribution is 0.164. The molecule has 1 aromatic heterocycles. The minimum atomic E-state index is -2.92. The molecule has 0 saturated heterocycles. The second-order valence-electron chi connectivity index (χ2n) is 7.47. The monoisotopic (exact) mass is 518 g/mol. The van der Waals surface area contributed by atoms with Gasteiger partial charge >= 0.3 is 6.09 Å². The molecule has 1 amide bonds. The number of nitrogens with one attached hydrogen (secondary N) is 1. The zero-order valence-electron chi connectivity index (χ0n) is 17.7. The van der Waals surface area contributed by atoms with Crippen molar-refractivity contribution in [3.8, 4) is 5.75 Å². The summed E-state index contributed by atoms with van der Waals surface area (Å²) < 4.78 is 28.2. The van der Waals surface area contributed by atoms with Gasteiger partial charge < -0.3 is 14.8 Å². The van der Waals surface area contributed by atoms with Crippen molar-refractivity contribution in [1.29, 1.82) is 0 Å². The average molecular weight is 519 g/mol. The summed E-state index contributed by atoms with van der Waals surface area (Å²) in [5.41, 5.74) is 1.57. The van der Waals surface area contributed by atoms with Crippen LogP contribution in [0.4, 0.5) is 10.6 Å². The van der Waals surface area contributed by atoms with E-state index in [2.05, 4.69) is 35.6 Å². The van der Waals surface area contributed by atoms with Gasteiger partial charge in [0.25, 0.3) is 0 Å². The summed E-state index contributed by atoms with van der Waals surface area (Å²) in [4.78, 5) is 20.8. The summed E-state index contributed by atoms with van der Waals surface area (Å²) in [6, 6.07) is 11.3. The van der Waals surface area contributed by atoms with Crippen LogP contribution in [0.1, 0.15) is 25.3 Å². The number of amides is 1. The van der Waals surface area contributed by atoms with Crippen LogP contribution in [0.15, 0.2) is 56.5 Å². The van der Waals surface area contributed by atoms with Gasteiger partial charge in [0.05, 0.1) is 26.3 Å². The summed E-state index contributed by atoms with van der Waals surface area (Å²) in [5.74, 6) is 1.45. The van der Waals surface area contributed by atoms with Crippen LogP contribution in [0.2, 0.25) is 0 Å². The van der Waals surface area contributed by atoms with Gasteiger partial charge in [-0.25, -0.2) is 19.0 Å². The van der Waals surface area contributed by atoms with E-state index in [1.165, 1.54) is 6.26 Å². The van der Waals surface area contributed by atoms with Crippen LogP contribution >= 0.6 is 15.9 Å². The molecule has 1 aliphatic carbocycles. The third kappa shape index (κ3) is 5.36. The highest BCUT2D eigenvalue weighted by molar-refractivity contribution is 9.10. The van der Waals surface area contributed by atoms with Gasteiger partial charge in [-0.05, 0) is 59.5 Å². The maximum absolute atomic E-state index is 12.9. The van der Waals surface area contributed by atoms with Gasteiger partial charge in [0, 0.05) is 28.6 Å². The largest absolute Gasteiger partial charge is 0.488 e. The number of benzene rings is 2. The van der Waals surface area contributed by atoms with Crippen LogP contribution in [0.25, 0.3) is 10.9 Å². The molecule has 10 heteroatoms. The van der Waals surface area contributed by atoms with Crippen molar-refractivity contribution < 1.29 is 18.5 Å². The first-order chi connectivity index (χ1) is 15.4. The highest BCUT2D eigenvalue weighted by Gasteiger charge is 2.22. The smallest absolute Gasteiger partial charge is 0.442 e. The maximum atomic E-state index is 12.9. The Labute approximate surface area is 195 Å². The lowest BCUT2D eigenvalue weighted by atomic mass is 10.2. The number of halogens is 1. The van der Waals surface area contributed by atoms with E-state index in [0.717, 1.165) is 39.6 Å². The Morgan fingerprint density at radius 3 is 2.84 bits per heavy atom. The van der Waals surface area contributed by atoms with Crippen molar-refractivity contribution in [3.63, 3.8) is 0 Å². The molecule has 8 nitrogen and oxygen atoms in total. The van der Waals surface area contributed by atoms with Crippen molar-refractivity contribution in [2.24, 2.45) is 4.36 Å². The molecule has 1 heterocycles. The first kappa shape index (κ1) is 22.5. The minimum absolute atomic E-state index is 0.176. The van der Waals surface area contributed by atoms with E-state index in [9.17, 15) is 9.00 Å². The second kappa shape index (κ2) is 9.41. The Balaban J connectivity index is 1.54. The highest BCUT2D eigenvalue weighted by Crippen LogP contribution is 2.34. The van der Waals surface area contributed by atoms with E-state index >= 15 is 0 Å². The van der Waals surface area contributed by atoms with E-state index in [-0.39, 0.29) is 13.2 Å². The molecule has 1 N–H and O–H groups in total. The molecule has 4 rings (SSSR count). The molecule has 0 aliphatic heterocycles. The lowest BCUT2D eigenvalue weighted by Crippen LogP contribution is -2.06. The molecule has 1 saturated carbocycles. The Kier molecular flexibility index (Phi) is 6.61. The normalized spacial score (nSPS) is 15.1. The maximum Gasteiger partial charge on any atom is 0.442 e. The Hall–Kier alpha value is -2.72. The topological polar surface area (TPSA) is 103 Å². The summed E-state index contributed by atoms with van der Waals surface area (Å²) in [6.07, 6.45) is 4.43. The second-order valence-corrected chi connectivity index (χ2v) is 10.6. The summed E-state index contributed by atoms with van der Waals surface area (Å²) in [6.45, 7) is 2.09. The van der Waals surface area contributed by atoms with Gasteiger partial charge in [-0.2, -0.15) is 0 Å². The summed E-state index contributed by atoms with van der Waals surface area (Å²) >= 11 is 3.57. The fraction of sp³-hybridized carbons (Fsp3) is 0.318. The van der Waals surface area contributed by atoms with Crippen LogP contribution in [0, 0.1) is 0 Å². The number of anilines is 1. The third-order valence-electron chi connectivity index (χ3n) is 4.85. The van der Waals surface area contributed by atoms with Gasteiger partial charge in [0.15, 0.2) is 0 Å². The van der Waals surface area contributed by atoms with E-state index in [0.29, 0.717) is 16.7 Å². The molecule has 0 bridgehead atoms. The fourth-order valence-corrected chi connectivity index (χ4v) is 4.68. The number of carbonyl (C=O) groups is 1. The molecular formula is C22H23BrN4O4S. The van der Waals surface area contributed by atoms with E-state index in [4.69, 9.17) is 9.47 Å². The minimum Gasteiger partial charge on any atom is -0.488 e. The number of hydrogen-bond donors (Lipinski definition) is 1. The predicted molar refractivity (Wildman–Crippen MR) is 126 cm³/mol. The first-order valence-electron chi connectivity index (χ1n) is 10.2. The molecule has 1 atom stereocenters. The molecule has 1 aliphatic rings. The molecular weight excluding hydrogens is 496 g/mol. The van der Waals surface area contributed by atoms with Crippen LogP contribution in [-0.4, -0.2) is 39.2 Å². The number of fused-ring (bicyclic) bond motifs is 1. The van der Waals surface area contributed by atoms with E-state index < -0.39 is 15.8 Å². The molecule has 168 valence electrons. The van der Waals surface area contributed by atoms with E-state index in [1.807, 2.05) is 18.2 Å². The molecule has 0 radical (unpaired) electrons. The fourth-order valence-electron chi connectivity index (χ4n) is 3.08. The SMILES string of the molecule is CCOC(=O)N=S(C)(=O)c1cccc(COc2cc3ncnc(NC4CC4)c3cc2Br)c1. The quantitative estimate of drug-likeness (QED) is 0.460. The highest BCUT2D eigenvalue weighted by atomic mass is 79.9. The zero-order chi connectivity index (χ0) is 22.7. The summed E-state index contributed by atoms with van der Waals surface area (Å²) in [5, 5.41) is 4.35. The van der Waals surface area contributed by atoms with Gasteiger partial charge in [-0.3, -0.25) is 0 Å². The van der Waals surface area contributed by atoms with Crippen LogP contribution in [0.3, 0.4) is 0 Å². The van der Waals surface area contributed by atoms with Crippen molar-refractivity contribution in [2.45, 2.75) is 37.3 Å². The third-order valence-corrected chi connectivity index (χ3v) is 7.10. The molecule has 1 fully saturated rings. The number of aromatic nitrogens is 2. The number of carbonyl (C=O) groups excluding carboxylic acids is 1. The Morgan fingerprint density at radius 2 is 2.09 bits per heavy atom. The number of hydrogen-bond acceptors (Lipinski definition) is 7.